The molecule has 3 aromatic carbocycles. The zero-order valence-corrected chi connectivity index (χ0v) is 20.0. The molecule has 1 aliphatic carbocycles. The van der Waals surface area contributed by atoms with E-state index in [1.807, 2.05) is 42.5 Å². The first kappa shape index (κ1) is 23.7. The lowest BCUT2D eigenvalue weighted by Crippen LogP contribution is -2.54. The zero-order valence-electron chi connectivity index (χ0n) is 20.0. The number of aromatic hydroxyl groups is 1. The number of hydrogen-bond acceptors (Lipinski definition) is 5. The second kappa shape index (κ2) is 10.7. The van der Waals surface area contributed by atoms with Crippen molar-refractivity contribution >= 4 is 11.8 Å². The molecule has 2 N–H and O–H groups in total. The third-order valence-corrected chi connectivity index (χ3v) is 6.80. The number of nitrogens with zero attached hydrogens (tertiary/aromatic N) is 1. The minimum absolute atomic E-state index is 0.0764. The number of phenolic OH excluding ortho intramolecular Hbond substituents is 1. The molecule has 0 saturated heterocycles. The van der Waals surface area contributed by atoms with Crippen LogP contribution in [0.5, 0.6) is 17.2 Å². The molecular formula is C29H30N2O5. The average Bonchev–Trinajstić information content (AvgIpc) is 3.45. The van der Waals surface area contributed by atoms with Crippen molar-refractivity contribution in [1.29, 1.82) is 0 Å². The van der Waals surface area contributed by atoms with Gasteiger partial charge in [-0.2, -0.15) is 0 Å². The van der Waals surface area contributed by atoms with E-state index in [0.717, 1.165) is 31.2 Å². The van der Waals surface area contributed by atoms with Crippen LogP contribution in [0.3, 0.4) is 0 Å². The minimum atomic E-state index is -0.870. The second-order valence-electron chi connectivity index (χ2n) is 9.25. The van der Waals surface area contributed by atoms with Gasteiger partial charge in [-0.25, -0.2) is 0 Å². The Labute approximate surface area is 210 Å². The van der Waals surface area contributed by atoms with E-state index >= 15 is 0 Å². The van der Waals surface area contributed by atoms with E-state index in [0.29, 0.717) is 23.6 Å². The fraction of sp³-hybridized carbons (Fsp3) is 0.310. The summed E-state index contributed by atoms with van der Waals surface area (Å²) in [7, 11) is 0. The molecule has 0 radical (unpaired) electrons. The Balaban J connectivity index is 1.46. The topological polar surface area (TPSA) is 88.1 Å². The summed E-state index contributed by atoms with van der Waals surface area (Å²) in [4.78, 5) is 29.5. The van der Waals surface area contributed by atoms with E-state index in [2.05, 4.69) is 5.32 Å². The first-order valence-corrected chi connectivity index (χ1v) is 12.4. The van der Waals surface area contributed by atoms with Gasteiger partial charge in [0.25, 0.3) is 5.91 Å². The lowest BCUT2D eigenvalue weighted by Gasteiger charge is -2.39. The number of fused-ring (bicyclic) bond motifs is 1. The van der Waals surface area contributed by atoms with Crippen LogP contribution in [0.1, 0.15) is 42.9 Å². The van der Waals surface area contributed by atoms with Crippen molar-refractivity contribution in [3.63, 3.8) is 0 Å². The van der Waals surface area contributed by atoms with E-state index in [4.69, 9.17) is 9.47 Å². The second-order valence-corrected chi connectivity index (χ2v) is 9.25. The minimum Gasteiger partial charge on any atom is -0.508 e. The van der Waals surface area contributed by atoms with E-state index in [-0.39, 0.29) is 30.2 Å². The summed E-state index contributed by atoms with van der Waals surface area (Å²) in [5.41, 5.74) is 1.60. The Morgan fingerprint density at radius 3 is 2.31 bits per heavy atom. The Morgan fingerprint density at radius 2 is 1.58 bits per heavy atom. The predicted molar refractivity (Wildman–Crippen MR) is 135 cm³/mol. The molecule has 1 aliphatic heterocycles. The summed E-state index contributed by atoms with van der Waals surface area (Å²) in [6, 6.07) is 22.4. The van der Waals surface area contributed by atoms with Gasteiger partial charge in [0.15, 0.2) is 11.5 Å². The van der Waals surface area contributed by atoms with E-state index in [1.54, 1.807) is 41.3 Å². The van der Waals surface area contributed by atoms with Gasteiger partial charge in [0.2, 0.25) is 12.0 Å². The van der Waals surface area contributed by atoms with Crippen LogP contribution in [0.25, 0.3) is 0 Å². The van der Waals surface area contributed by atoms with Crippen molar-refractivity contribution in [1.82, 2.24) is 10.2 Å². The van der Waals surface area contributed by atoms with Crippen LogP contribution in [0.15, 0.2) is 78.9 Å². The van der Waals surface area contributed by atoms with Gasteiger partial charge in [0.1, 0.15) is 18.4 Å². The smallest absolute Gasteiger partial charge is 0.268 e. The molecule has 0 unspecified atom stereocenters. The number of benzene rings is 3. The quantitative estimate of drug-likeness (QED) is 0.518. The van der Waals surface area contributed by atoms with Gasteiger partial charge in [-0.1, -0.05) is 67.4 Å². The summed E-state index contributed by atoms with van der Waals surface area (Å²) in [5.74, 6) is 0.667. The van der Waals surface area contributed by atoms with Crippen molar-refractivity contribution < 1.29 is 24.2 Å². The highest BCUT2D eigenvalue weighted by atomic mass is 16.6. The van der Waals surface area contributed by atoms with Gasteiger partial charge >= 0.3 is 0 Å². The molecule has 1 saturated carbocycles. The summed E-state index contributed by atoms with van der Waals surface area (Å²) in [6.45, 7) is 0.421. The first-order valence-electron chi connectivity index (χ1n) is 12.4. The van der Waals surface area contributed by atoms with Gasteiger partial charge in [-0.15, -0.1) is 0 Å². The molecule has 7 heteroatoms. The number of phenols is 1. The number of para-hydroxylation sites is 2. The van der Waals surface area contributed by atoms with Crippen LogP contribution < -0.4 is 14.8 Å². The van der Waals surface area contributed by atoms with Gasteiger partial charge in [-0.05, 0) is 48.2 Å². The fourth-order valence-corrected chi connectivity index (χ4v) is 4.98. The monoisotopic (exact) mass is 486 g/mol. The zero-order chi connectivity index (χ0) is 24.9. The Morgan fingerprint density at radius 1 is 0.917 bits per heavy atom. The summed E-state index contributed by atoms with van der Waals surface area (Å²) < 4.78 is 11.9. The van der Waals surface area contributed by atoms with E-state index in [1.165, 1.54) is 0 Å². The van der Waals surface area contributed by atoms with Crippen LogP contribution in [-0.4, -0.2) is 40.6 Å². The van der Waals surface area contributed by atoms with E-state index in [9.17, 15) is 14.7 Å². The standard InChI is InChI=1S/C29H30N2O5/c32-23-16-14-21(15-17-23)27(28(33)30-18-20-8-2-1-3-9-20)31(22-10-4-5-11-22)29(34)26-19-35-24-12-6-7-13-25(24)36-26/h1-3,6-9,12-17,22,26-27,32H,4-5,10-11,18-19H2,(H,30,33)/t26-,27-/m1/s1. The Hall–Kier alpha value is -4.00. The Bertz CT molecular complexity index is 1190. The maximum absolute atomic E-state index is 14.0. The summed E-state index contributed by atoms with van der Waals surface area (Å²) >= 11 is 0. The van der Waals surface area contributed by atoms with Crippen LogP contribution in [0.2, 0.25) is 0 Å². The fourth-order valence-electron chi connectivity index (χ4n) is 4.98. The molecule has 7 nitrogen and oxygen atoms in total. The maximum Gasteiger partial charge on any atom is 0.268 e. The maximum atomic E-state index is 14.0. The summed E-state index contributed by atoms with van der Waals surface area (Å²) in [6.07, 6.45) is 2.76. The van der Waals surface area contributed by atoms with Crippen LogP contribution in [0, 0.1) is 0 Å². The summed E-state index contributed by atoms with van der Waals surface area (Å²) in [5, 5.41) is 12.9. The molecule has 0 aromatic heterocycles. The third kappa shape index (κ3) is 5.15. The molecule has 1 fully saturated rings. The first-order chi connectivity index (χ1) is 17.6. The van der Waals surface area contributed by atoms with Crippen LogP contribution >= 0.6 is 0 Å². The molecule has 0 bridgehead atoms. The van der Waals surface area contributed by atoms with Gasteiger partial charge in [0.05, 0.1) is 0 Å². The molecule has 36 heavy (non-hydrogen) atoms. The molecule has 5 rings (SSSR count). The number of carbonyl (C=O) groups is 2. The number of hydrogen-bond donors (Lipinski definition) is 2. The SMILES string of the molecule is O=C(NCc1ccccc1)[C@@H](c1ccc(O)cc1)N(C(=O)[C@H]1COc2ccccc2O1)C1CCCC1. The number of amides is 2. The number of ether oxygens (including phenoxy) is 2. The predicted octanol–water partition coefficient (Wildman–Crippen LogP) is 4.36. The molecule has 186 valence electrons. The van der Waals surface area contributed by atoms with Gasteiger partial charge in [0, 0.05) is 12.6 Å². The number of nitrogens with one attached hydrogen (secondary N) is 1. The highest BCUT2D eigenvalue weighted by Gasteiger charge is 2.42. The average molecular weight is 487 g/mol. The molecule has 3 aromatic rings. The highest BCUT2D eigenvalue weighted by Crippen LogP contribution is 2.36. The number of carbonyl (C=O) groups excluding carboxylic acids is 2. The van der Waals surface area contributed by atoms with Crippen molar-refractivity contribution in [3.05, 3.63) is 90.0 Å². The Kier molecular flexibility index (Phi) is 7.07. The molecule has 2 aliphatic rings. The van der Waals surface area contributed by atoms with Crippen LogP contribution in [0.4, 0.5) is 0 Å². The molecular weight excluding hydrogens is 456 g/mol. The lowest BCUT2D eigenvalue weighted by atomic mass is 9.99. The highest BCUT2D eigenvalue weighted by molar-refractivity contribution is 5.91. The molecule has 2 amide bonds. The molecule has 2 atom stereocenters. The van der Waals surface area contributed by atoms with Crippen molar-refractivity contribution in [2.24, 2.45) is 0 Å². The molecule has 1 heterocycles. The van der Waals surface area contributed by atoms with Gasteiger partial charge < -0.3 is 24.8 Å². The van der Waals surface area contributed by atoms with Gasteiger partial charge in [-0.3, -0.25) is 9.59 Å². The van der Waals surface area contributed by atoms with Crippen LogP contribution in [-0.2, 0) is 16.1 Å². The largest absolute Gasteiger partial charge is 0.508 e. The molecule has 0 spiro atoms. The van der Waals surface area contributed by atoms with Crippen molar-refractivity contribution in [3.8, 4) is 17.2 Å². The number of rotatable bonds is 7. The van der Waals surface area contributed by atoms with Crippen molar-refractivity contribution in [2.75, 3.05) is 6.61 Å². The lowest BCUT2D eigenvalue weighted by molar-refractivity contribution is -0.151. The van der Waals surface area contributed by atoms with Crippen molar-refractivity contribution in [2.45, 2.75) is 50.4 Å². The normalized spacial score (nSPS) is 17.8. The third-order valence-electron chi connectivity index (χ3n) is 6.80. The van der Waals surface area contributed by atoms with E-state index < -0.39 is 12.1 Å².